The highest BCUT2D eigenvalue weighted by Crippen LogP contribution is 2.29. The van der Waals surface area contributed by atoms with E-state index in [0.29, 0.717) is 0 Å². The van der Waals surface area contributed by atoms with E-state index in [0.717, 1.165) is 0 Å². The zero-order valence-electron chi connectivity index (χ0n) is 6.96. The third kappa shape index (κ3) is 1.80. The average Bonchev–Trinajstić information content (AvgIpc) is 2.47. The van der Waals surface area contributed by atoms with Crippen molar-refractivity contribution in [1.29, 1.82) is 0 Å². The van der Waals surface area contributed by atoms with Crippen LogP contribution in [-0.4, -0.2) is 35.0 Å². The molecule has 0 fully saturated rings. The van der Waals surface area contributed by atoms with E-state index >= 15 is 0 Å². The van der Waals surface area contributed by atoms with Gasteiger partial charge < -0.3 is 3.55 Å². The summed E-state index contributed by atoms with van der Waals surface area (Å²) in [6, 6.07) is 0. The van der Waals surface area contributed by atoms with Crippen LogP contribution in [0.25, 0.3) is 11.2 Å². The molecule has 0 amide bonds. The molecule has 0 N–H and O–H groups in total. The lowest BCUT2D eigenvalue weighted by atomic mass is 10.5. The molecule has 0 atom stereocenters. The van der Waals surface area contributed by atoms with Gasteiger partial charge in [0.2, 0.25) is 5.82 Å². The Morgan fingerprint density at radius 2 is 2.00 bits per heavy atom. The Balaban J connectivity index is 2.76. The number of halogens is 4. The molecule has 9 heteroatoms. The molecule has 76 valence electrons. The Kier molecular flexibility index (Phi) is 2.37. The lowest BCUT2D eigenvalue weighted by Gasteiger charge is -2.05. The minimum Gasteiger partial charge on any atom is -0.428 e. The highest BCUT2D eigenvalue weighted by Gasteiger charge is 2.35. The van der Waals surface area contributed by atoms with Gasteiger partial charge in [0.1, 0.15) is 11.2 Å². The lowest BCUT2D eigenvalue weighted by molar-refractivity contribution is -0.144. The van der Waals surface area contributed by atoms with Gasteiger partial charge in [-0.05, 0) is 0 Å². The standard InChI is InChI=1S/C6HClF3N4.Al/c7-3-2-4(12-1-11-2)14-5(13-3)6(8,9)10;/h1H;/q-1;+1. The first-order chi connectivity index (χ1) is 6.89. The Labute approximate surface area is 94.7 Å². The van der Waals surface area contributed by atoms with Crippen LogP contribution in [0.3, 0.4) is 0 Å². The molecule has 2 radical (unpaired) electrons. The van der Waals surface area contributed by atoms with Gasteiger partial charge in [0.05, 0.1) is 6.33 Å². The van der Waals surface area contributed by atoms with Crippen LogP contribution in [0.4, 0.5) is 13.2 Å². The van der Waals surface area contributed by atoms with Gasteiger partial charge in [0.25, 0.3) is 0 Å². The van der Waals surface area contributed by atoms with Crippen LogP contribution in [0.1, 0.15) is 5.82 Å². The van der Waals surface area contributed by atoms with Gasteiger partial charge in [0.15, 0.2) is 5.15 Å². The molecular weight excluding hydrogens is 248 g/mol. The second-order valence-corrected chi connectivity index (χ2v) is 3.57. The van der Waals surface area contributed by atoms with Crippen molar-refractivity contribution in [2.24, 2.45) is 0 Å². The number of rotatable bonds is 0. The molecule has 2 rings (SSSR count). The fourth-order valence-corrected chi connectivity index (χ4v) is 1.47. The van der Waals surface area contributed by atoms with E-state index in [1.54, 1.807) is 0 Å². The summed E-state index contributed by atoms with van der Waals surface area (Å²) < 4.78 is 38.2. The Morgan fingerprint density at radius 1 is 1.33 bits per heavy atom. The summed E-state index contributed by atoms with van der Waals surface area (Å²) in [6.45, 7) is 0. The molecule has 4 nitrogen and oxygen atoms in total. The Morgan fingerprint density at radius 3 is 2.60 bits per heavy atom. The summed E-state index contributed by atoms with van der Waals surface area (Å²) in [5.41, 5.74) is 0.159. The van der Waals surface area contributed by atoms with Crippen LogP contribution in [0.2, 0.25) is 5.15 Å². The molecule has 0 aromatic carbocycles. The van der Waals surface area contributed by atoms with E-state index in [4.69, 9.17) is 11.6 Å². The monoisotopic (exact) mass is 248 g/mol. The molecule has 15 heavy (non-hydrogen) atoms. The van der Waals surface area contributed by atoms with E-state index in [9.17, 15) is 13.2 Å². The quantitative estimate of drug-likeness (QED) is 0.523. The van der Waals surface area contributed by atoms with E-state index in [1.165, 1.54) is 9.88 Å². The third-order valence-electron chi connectivity index (χ3n) is 1.63. The molecule has 0 unspecified atom stereocenters. The lowest BCUT2D eigenvalue weighted by Crippen LogP contribution is -2.12. The molecule has 0 saturated heterocycles. The zero-order chi connectivity index (χ0) is 11.2. The van der Waals surface area contributed by atoms with Crippen LogP contribution in [0.15, 0.2) is 6.33 Å². The van der Waals surface area contributed by atoms with Crippen molar-refractivity contribution < 1.29 is 13.2 Å². The molecule has 0 bridgehead atoms. The molecule has 0 saturated carbocycles. The first kappa shape index (κ1) is 10.7. The summed E-state index contributed by atoms with van der Waals surface area (Å²) in [7, 11) is 0. The predicted molar refractivity (Wildman–Crippen MR) is 46.5 cm³/mol. The van der Waals surface area contributed by atoms with Crippen LogP contribution in [0.5, 0.6) is 0 Å². The number of alkyl halides is 3. The minimum absolute atomic E-state index is 0.0207. The number of hydrogen-bond acceptors (Lipinski definition) is 3. The van der Waals surface area contributed by atoms with Crippen LogP contribution in [0, 0.1) is 0 Å². The fraction of sp³-hybridized carbons (Fsp3) is 0.167. The van der Waals surface area contributed by atoms with Gasteiger partial charge >= 0.3 is 22.7 Å². The van der Waals surface area contributed by atoms with Gasteiger partial charge in [-0.1, -0.05) is 11.6 Å². The van der Waals surface area contributed by atoms with Crippen molar-refractivity contribution in [2.45, 2.75) is 6.18 Å². The summed E-state index contributed by atoms with van der Waals surface area (Å²) in [5, 5.41) is -0.312. The SMILES string of the molecule is FC(F)(F)c1nc(Cl)c2nc[n]([Al])c2n1. The zero-order valence-corrected chi connectivity index (χ0v) is 8.87. The molecule has 2 aromatic rings. The molecule has 0 aliphatic rings. The van der Waals surface area contributed by atoms with Crippen molar-refractivity contribution in [3.8, 4) is 0 Å². The van der Waals surface area contributed by atoms with Gasteiger partial charge in [-0.15, -0.1) is 0 Å². The molecule has 2 heterocycles. The number of aromatic nitrogens is 4. The van der Waals surface area contributed by atoms with Crippen molar-refractivity contribution in [1.82, 2.24) is 18.5 Å². The smallest absolute Gasteiger partial charge is 0.428 e. The van der Waals surface area contributed by atoms with Crippen LogP contribution < -0.4 is 0 Å². The van der Waals surface area contributed by atoms with Gasteiger partial charge in [0, 0.05) is 0 Å². The second-order valence-electron chi connectivity index (χ2n) is 2.66. The van der Waals surface area contributed by atoms with Gasteiger partial charge in [-0.2, -0.15) is 13.2 Å². The highest BCUT2D eigenvalue weighted by molar-refractivity contribution is 6.33. The van der Waals surface area contributed by atoms with Crippen LogP contribution in [-0.2, 0) is 6.18 Å². The minimum atomic E-state index is -4.62. The molecular formula is C6HAlClF3N4. The maximum atomic E-state index is 12.3. The van der Waals surface area contributed by atoms with Crippen LogP contribution >= 0.6 is 11.6 Å². The summed E-state index contributed by atoms with van der Waals surface area (Å²) in [5.74, 6) is -1.27. The van der Waals surface area contributed by atoms with Crippen molar-refractivity contribution >= 4 is 39.3 Å². The molecule has 2 aromatic heterocycles. The first-order valence-electron chi connectivity index (χ1n) is 3.62. The number of imidazole rings is 1. The summed E-state index contributed by atoms with van der Waals surface area (Å²) in [4.78, 5) is 10.2. The maximum absolute atomic E-state index is 12.3. The van der Waals surface area contributed by atoms with Gasteiger partial charge in [-0.25, -0.2) is 15.0 Å². The first-order valence-corrected chi connectivity index (χ1v) is 4.52. The van der Waals surface area contributed by atoms with Crippen molar-refractivity contribution in [2.75, 3.05) is 0 Å². The van der Waals surface area contributed by atoms with E-state index in [-0.39, 0.29) is 16.3 Å². The number of fused-ring (bicyclic) bond motifs is 1. The number of hydrogen-bond donors (Lipinski definition) is 0. The van der Waals surface area contributed by atoms with E-state index in [1.807, 2.05) is 0 Å². The van der Waals surface area contributed by atoms with Gasteiger partial charge in [-0.3, -0.25) is 0 Å². The number of nitrogens with zero attached hydrogens (tertiary/aromatic N) is 4. The molecule has 0 spiro atoms. The largest absolute Gasteiger partial charge is 0.451 e. The molecule has 0 aliphatic heterocycles. The highest BCUT2D eigenvalue weighted by atomic mass is 35.5. The Hall–Kier alpha value is -0.838. The topological polar surface area (TPSA) is 43.6 Å². The third-order valence-corrected chi connectivity index (χ3v) is 2.27. The maximum Gasteiger partial charge on any atom is 0.451 e. The van der Waals surface area contributed by atoms with E-state index < -0.39 is 12.0 Å². The summed E-state index contributed by atoms with van der Waals surface area (Å²) >= 11 is 7.70. The van der Waals surface area contributed by atoms with Crippen molar-refractivity contribution in [3.63, 3.8) is 0 Å². The van der Waals surface area contributed by atoms with Crippen molar-refractivity contribution in [3.05, 3.63) is 17.3 Å². The molecule has 0 aliphatic carbocycles. The summed E-state index contributed by atoms with van der Waals surface area (Å²) in [6.07, 6.45) is -3.33. The normalized spacial score (nSPS) is 12.3. The Bertz CT molecular complexity index is 523. The predicted octanol–water partition coefficient (Wildman–Crippen LogP) is 1.43. The van der Waals surface area contributed by atoms with E-state index in [2.05, 4.69) is 31.5 Å². The fourth-order valence-electron chi connectivity index (χ4n) is 1.01. The second kappa shape index (κ2) is 3.34. The average molecular weight is 249 g/mol.